The van der Waals surface area contributed by atoms with Crippen LogP contribution >= 0.6 is 0 Å². The van der Waals surface area contributed by atoms with Crippen LogP contribution in [0.2, 0.25) is 0 Å². The number of anilines is 2. The number of aromatic nitrogens is 2. The van der Waals surface area contributed by atoms with E-state index in [9.17, 15) is 9.18 Å². The highest BCUT2D eigenvalue weighted by Crippen LogP contribution is 2.20. The molecule has 6 heteroatoms. The zero-order valence-corrected chi connectivity index (χ0v) is 14.9. The van der Waals surface area contributed by atoms with Crippen molar-refractivity contribution < 1.29 is 9.18 Å². The molecule has 0 saturated carbocycles. The smallest absolute Gasteiger partial charge is 0.274 e. The standard InChI is InChI=1S/C20H23FN4O/c1-14-13-18(19(26)24-17-10-6-5-9-16(17)21)25-20(23-14)22-12-11-15-7-3-2-4-8-15/h5-7,9-10,13H,2-4,8,11-12H2,1H3,(H,24,26)(H,22,23,25). The summed E-state index contributed by atoms with van der Waals surface area (Å²) in [6.07, 6.45) is 8.12. The number of nitrogens with zero attached hydrogens (tertiary/aromatic N) is 2. The first-order valence-corrected chi connectivity index (χ1v) is 8.95. The van der Waals surface area contributed by atoms with Gasteiger partial charge in [-0.2, -0.15) is 0 Å². The van der Waals surface area contributed by atoms with Crippen LogP contribution < -0.4 is 10.6 Å². The first kappa shape index (κ1) is 18.0. The van der Waals surface area contributed by atoms with Gasteiger partial charge in [-0.3, -0.25) is 4.79 Å². The third-order valence-corrected chi connectivity index (χ3v) is 4.32. The number of para-hydroxylation sites is 1. The van der Waals surface area contributed by atoms with Crippen molar-refractivity contribution in [1.29, 1.82) is 0 Å². The average Bonchev–Trinajstić information content (AvgIpc) is 2.64. The van der Waals surface area contributed by atoms with Crippen LogP contribution in [0.5, 0.6) is 0 Å². The lowest BCUT2D eigenvalue weighted by Gasteiger charge is -2.13. The molecule has 1 aliphatic carbocycles. The number of carbonyl (C=O) groups is 1. The van der Waals surface area contributed by atoms with E-state index in [2.05, 4.69) is 26.7 Å². The molecule has 5 nitrogen and oxygen atoms in total. The number of halogens is 1. The van der Waals surface area contributed by atoms with Gasteiger partial charge in [-0.25, -0.2) is 14.4 Å². The van der Waals surface area contributed by atoms with E-state index in [-0.39, 0.29) is 11.4 Å². The molecule has 1 aromatic carbocycles. The molecule has 3 rings (SSSR count). The van der Waals surface area contributed by atoms with Gasteiger partial charge in [-0.05, 0) is 57.2 Å². The molecule has 1 aliphatic rings. The maximum Gasteiger partial charge on any atom is 0.274 e. The Morgan fingerprint density at radius 2 is 2.08 bits per heavy atom. The van der Waals surface area contributed by atoms with E-state index in [1.54, 1.807) is 25.1 Å². The van der Waals surface area contributed by atoms with Gasteiger partial charge in [0.1, 0.15) is 11.5 Å². The van der Waals surface area contributed by atoms with E-state index in [0.717, 1.165) is 25.8 Å². The highest BCUT2D eigenvalue weighted by Gasteiger charge is 2.13. The van der Waals surface area contributed by atoms with Crippen LogP contribution in [-0.4, -0.2) is 22.4 Å². The van der Waals surface area contributed by atoms with E-state index in [1.165, 1.54) is 30.5 Å². The lowest BCUT2D eigenvalue weighted by Crippen LogP contribution is -2.17. The highest BCUT2D eigenvalue weighted by atomic mass is 19.1. The second kappa shape index (κ2) is 8.56. The Morgan fingerprint density at radius 3 is 2.85 bits per heavy atom. The summed E-state index contributed by atoms with van der Waals surface area (Å²) in [6.45, 7) is 2.53. The van der Waals surface area contributed by atoms with Crippen LogP contribution in [0, 0.1) is 12.7 Å². The monoisotopic (exact) mass is 354 g/mol. The largest absolute Gasteiger partial charge is 0.354 e. The van der Waals surface area contributed by atoms with Crippen molar-refractivity contribution in [3.63, 3.8) is 0 Å². The number of amides is 1. The van der Waals surface area contributed by atoms with E-state index in [0.29, 0.717) is 11.6 Å². The first-order chi connectivity index (χ1) is 12.6. The Balaban J connectivity index is 1.64. The maximum absolute atomic E-state index is 13.7. The molecular weight excluding hydrogens is 331 g/mol. The van der Waals surface area contributed by atoms with Crippen molar-refractivity contribution in [2.24, 2.45) is 0 Å². The lowest BCUT2D eigenvalue weighted by molar-refractivity contribution is 0.102. The van der Waals surface area contributed by atoms with E-state index in [1.807, 2.05) is 0 Å². The third kappa shape index (κ3) is 4.88. The fraction of sp³-hybridized carbons (Fsp3) is 0.350. The number of hydrogen-bond donors (Lipinski definition) is 2. The van der Waals surface area contributed by atoms with E-state index < -0.39 is 11.7 Å². The predicted octanol–water partition coefficient (Wildman–Crippen LogP) is 4.48. The molecule has 0 spiro atoms. The van der Waals surface area contributed by atoms with Crippen LogP contribution in [0.1, 0.15) is 48.3 Å². The van der Waals surface area contributed by atoms with Crippen molar-refractivity contribution in [3.8, 4) is 0 Å². The fourth-order valence-electron chi connectivity index (χ4n) is 2.98. The van der Waals surface area contributed by atoms with Gasteiger partial charge in [0, 0.05) is 12.2 Å². The van der Waals surface area contributed by atoms with Gasteiger partial charge in [0.05, 0.1) is 5.69 Å². The number of carbonyl (C=O) groups excluding carboxylic acids is 1. The molecule has 0 unspecified atom stereocenters. The normalized spacial score (nSPS) is 13.8. The van der Waals surface area contributed by atoms with Crippen molar-refractivity contribution in [2.45, 2.75) is 39.0 Å². The maximum atomic E-state index is 13.7. The zero-order chi connectivity index (χ0) is 18.4. The quantitative estimate of drug-likeness (QED) is 0.751. The zero-order valence-electron chi connectivity index (χ0n) is 14.9. The summed E-state index contributed by atoms with van der Waals surface area (Å²) in [5.41, 5.74) is 2.49. The number of benzene rings is 1. The summed E-state index contributed by atoms with van der Waals surface area (Å²) >= 11 is 0. The third-order valence-electron chi connectivity index (χ3n) is 4.32. The van der Waals surface area contributed by atoms with Gasteiger partial charge < -0.3 is 10.6 Å². The van der Waals surface area contributed by atoms with Gasteiger partial charge >= 0.3 is 0 Å². The minimum Gasteiger partial charge on any atom is -0.354 e. The fourth-order valence-corrected chi connectivity index (χ4v) is 2.98. The number of allylic oxidation sites excluding steroid dienone is 1. The van der Waals surface area contributed by atoms with Gasteiger partial charge in [0.25, 0.3) is 5.91 Å². The molecule has 0 fully saturated rings. The Kier molecular flexibility index (Phi) is 5.94. The van der Waals surface area contributed by atoms with Crippen LogP contribution in [0.25, 0.3) is 0 Å². The summed E-state index contributed by atoms with van der Waals surface area (Å²) in [4.78, 5) is 21.0. The van der Waals surface area contributed by atoms with Gasteiger partial charge in [-0.15, -0.1) is 0 Å². The molecule has 0 bridgehead atoms. The number of nitrogens with one attached hydrogen (secondary N) is 2. The molecule has 2 aromatic rings. The molecule has 1 heterocycles. The van der Waals surface area contributed by atoms with Crippen LogP contribution in [-0.2, 0) is 0 Å². The minimum absolute atomic E-state index is 0.132. The van der Waals surface area contributed by atoms with E-state index >= 15 is 0 Å². The molecular formula is C20H23FN4O. The molecule has 1 aromatic heterocycles. The Hall–Kier alpha value is -2.76. The lowest BCUT2D eigenvalue weighted by atomic mass is 9.97. The molecule has 136 valence electrons. The first-order valence-electron chi connectivity index (χ1n) is 8.95. The topological polar surface area (TPSA) is 66.9 Å². The molecule has 1 amide bonds. The van der Waals surface area contributed by atoms with E-state index in [4.69, 9.17) is 0 Å². The molecule has 0 saturated heterocycles. The summed E-state index contributed by atoms with van der Waals surface area (Å²) in [7, 11) is 0. The average molecular weight is 354 g/mol. The van der Waals surface area contributed by atoms with Crippen molar-refractivity contribution in [3.05, 3.63) is 59.2 Å². The second-order valence-corrected chi connectivity index (χ2v) is 6.44. The Morgan fingerprint density at radius 1 is 1.23 bits per heavy atom. The molecule has 26 heavy (non-hydrogen) atoms. The SMILES string of the molecule is Cc1cc(C(=O)Nc2ccccc2F)nc(NCCC2=CCCCC2)n1. The minimum atomic E-state index is -0.481. The Bertz CT molecular complexity index is 819. The molecule has 0 radical (unpaired) electrons. The van der Waals surface area contributed by atoms with Gasteiger partial charge in [0.2, 0.25) is 5.95 Å². The number of hydrogen-bond acceptors (Lipinski definition) is 4. The number of rotatable bonds is 6. The van der Waals surface area contributed by atoms with Crippen molar-refractivity contribution in [2.75, 3.05) is 17.2 Å². The van der Waals surface area contributed by atoms with Crippen LogP contribution in [0.15, 0.2) is 42.0 Å². The van der Waals surface area contributed by atoms with Crippen LogP contribution in [0.3, 0.4) is 0 Å². The molecule has 2 N–H and O–H groups in total. The highest BCUT2D eigenvalue weighted by molar-refractivity contribution is 6.03. The second-order valence-electron chi connectivity index (χ2n) is 6.44. The van der Waals surface area contributed by atoms with Gasteiger partial charge in [-0.1, -0.05) is 23.8 Å². The summed E-state index contributed by atoms with van der Waals surface area (Å²) in [5, 5.41) is 5.73. The van der Waals surface area contributed by atoms with Crippen molar-refractivity contribution >= 4 is 17.5 Å². The van der Waals surface area contributed by atoms with Crippen molar-refractivity contribution in [1.82, 2.24) is 9.97 Å². The summed E-state index contributed by atoms with van der Waals surface area (Å²) < 4.78 is 13.7. The van der Waals surface area contributed by atoms with Gasteiger partial charge in [0.15, 0.2) is 0 Å². The molecule has 0 aliphatic heterocycles. The summed E-state index contributed by atoms with van der Waals surface area (Å²) in [5.74, 6) is -0.524. The van der Waals surface area contributed by atoms with Crippen LogP contribution in [0.4, 0.5) is 16.0 Å². The number of aryl methyl sites for hydroxylation is 1. The predicted molar refractivity (Wildman–Crippen MR) is 101 cm³/mol. The summed E-state index contributed by atoms with van der Waals surface area (Å²) in [6, 6.07) is 7.64. The Labute approximate surface area is 152 Å². The molecule has 0 atom stereocenters.